The summed E-state index contributed by atoms with van der Waals surface area (Å²) in [6, 6.07) is 0. The van der Waals surface area contributed by atoms with E-state index in [1.54, 1.807) is 0 Å². The molecule has 0 rings (SSSR count). The lowest BCUT2D eigenvalue weighted by Crippen LogP contribution is -2.52. The first-order valence-electron chi connectivity index (χ1n) is 7.99. The zero-order valence-corrected chi connectivity index (χ0v) is 14.8. The molecule has 0 amide bonds. The Morgan fingerprint density at radius 3 is 1.32 bits per heavy atom. The van der Waals surface area contributed by atoms with Gasteiger partial charge < -0.3 is 13.3 Å². The van der Waals surface area contributed by atoms with Crippen molar-refractivity contribution in [3.05, 3.63) is 0 Å². The van der Waals surface area contributed by atoms with Gasteiger partial charge in [-0.15, -0.1) is 0 Å². The SMILES string of the molecule is CCCO[Si](OCCC)(OCCC)C(CC)C(C)C. The second-order valence-corrected chi connectivity index (χ2v) is 8.22. The molecule has 0 bridgehead atoms. The minimum atomic E-state index is -2.55. The van der Waals surface area contributed by atoms with Crippen molar-refractivity contribution in [3.8, 4) is 0 Å². The number of hydrogen-bond acceptors (Lipinski definition) is 3. The van der Waals surface area contributed by atoms with Gasteiger partial charge in [-0.25, -0.2) is 0 Å². The third-order valence-corrected chi connectivity index (χ3v) is 7.02. The van der Waals surface area contributed by atoms with E-state index in [1.165, 1.54) is 0 Å². The van der Waals surface area contributed by atoms with Gasteiger partial charge in [-0.05, 0) is 31.6 Å². The van der Waals surface area contributed by atoms with Gasteiger partial charge in [0, 0.05) is 25.4 Å². The van der Waals surface area contributed by atoms with E-state index >= 15 is 0 Å². The van der Waals surface area contributed by atoms with Crippen LogP contribution in [0.1, 0.15) is 67.2 Å². The molecule has 0 aromatic rings. The Labute approximate surface area is 121 Å². The fourth-order valence-corrected chi connectivity index (χ4v) is 5.98. The summed E-state index contributed by atoms with van der Waals surface area (Å²) in [7, 11) is -2.55. The van der Waals surface area contributed by atoms with Crippen LogP contribution in [0.5, 0.6) is 0 Å². The summed E-state index contributed by atoms with van der Waals surface area (Å²) in [4.78, 5) is 0. The minimum absolute atomic E-state index is 0.400. The first-order chi connectivity index (χ1) is 9.07. The average Bonchev–Trinajstić information content (AvgIpc) is 2.40. The Balaban J connectivity index is 5.04. The molecule has 0 saturated heterocycles. The predicted molar refractivity (Wildman–Crippen MR) is 83.4 cm³/mol. The maximum Gasteiger partial charge on any atom is 0.504 e. The Morgan fingerprint density at radius 1 is 0.737 bits per heavy atom. The van der Waals surface area contributed by atoms with Crippen LogP contribution in [0.2, 0.25) is 5.54 Å². The summed E-state index contributed by atoms with van der Waals surface area (Å²) < 4.78 is 18.6. The van der Waals surface area contributed by atoms with Gasteiger partial charge in [0.15, 0.2) is 0 Å². The van der Waals surface area contributed by atoms with E-state index in [1.807, 2.05) is 0 Å². The lowest BCUT2D eigenvalue weighted by atomic mass is 10.1. The Morgan fingerprint density at radius 2 is 1.11 bits per heavy atom. The van der Waals surface area contributed by atoms with Crippen LogP contribution in [0.25, 0.3) is 0 Å². The molecule has 0 fully saturated rings. The summed E-state index contributed by atoms with van der Waals surface area (Å²) >= 11 is 0. The molecule has 0 radical (unpaired) electrons. The van der Waals surface area contributed by atoms with Gasteiger partial charge in [-0.2, -0.15) is 0 Å². The molecule has 19 heavy (non-hydrogen) atoms. The highest BCUT2D eigenvalue weighted by Gasteiger charge is 2.49. The third kappa shape index (κ3) is 6.39. The first-order valence-corrected chi connectivity index (χ1v) is 9.79. The fraction of sp³-hybridized carbons (Fsp3) is 1.00. The lowest BCUT2D eigenvalue weighted by molar-refractivity contribution is 0.0437. The third-order valence-electron chi connectivity index (χ3n) is 3.22. The Kier molecular flexibility index (Phi) is 10.9. The predicted octanol–water partition coefficient (Wildman–Crippen LogP) is 4.64. The Hall–Kier alpha value is 0.0969. The van der Waals surface area contributed by atoms with E-state index in [2.05, 4.69) is 41.5 Å². The summed E-state index contributed by atoms with van der Waals surface area (Å²) in [5.41, 5.74) is 0.400. The van der Waals surface area contributed by atoms with Crippen molar-refractivity contribution in [1.82, 2.24) is 0 Å². The van der Waals surface area contributed by atoms with E-state index in [9.17, 15) is 0 Å². The molecule has 1 atom stereocenters. The van der Waals surface area contributed by atoms with Gasteiger partial charge in [0.1, 0.15) is 0 Å². The molecular formula is C15H34O3Si. The van der Waals surface area contributed by atoms with Crippen molar-refractivity contribution in [2.45, 2.75) is 72.8 Å². The monoisotopic (exact) mass is 290 g/mol. The molecule has 0 N–H and O–H groups in total. The van der Waals surface area contributed by atoms with Crippen LogP contribution in [-0.4, -0.2) is 28.6 Å². The zero-order chi connectivity index (χ0) is 14.7. The van der Waals surface area contributed by atoms with Crippen molar-refractivity contribution in [2.75, 3.05) is 19.8 Å². The van der Waals surface area contributed by atoms with E-state index in [4.69, 9.17) is 13.3 Å². The highest BCUT2D eigenvalue weighted by molar-refractivity contribution is 6.62. The van der Waals surface area contributed by atoms with Crippen LogP contribution in [0.3, 0.4) is 0 Å². The van der Waals surface area contributed by atoms with Crippen LogP contribution >= 0.6 is 0 Å². The molecule has 1 unspecified atom stereocenters. The summed E-state index contributed by atoms with van der Waals surface area (Å²) in [5.74, 6) is 0.530. The number of rotatable bonds is 12. The molecule has 3 nitrogen and oxygen atoms in total. The molecule has 0 aromatic carbocycles. The zero-order valence-electron chi connectivity index (χ0n) is 13.8. The second-order valence-electron chi connectivity index (χ2n) is 5.41. The van der Waals surface area contributed by atoms with Crippen molar-refractivity contribution in [2.24, 2.45) is 5.92 Å². The maximum atomic E-state index is 6.19. The van der Waals surface area contributed by atoms with Crippen molar-refractivity contribution in [3.63, 3.8) is 0 Å². The van der Waals surface area contributed by atoms with Crippen LogP contribution in [0.15, 0.2) is 0 Å². The largest absolute Gasteiger partial charge is 0.504 e. The molecule has 0 heterocycles. The molecule has 0 aliphatic carbocycles. The van der Waals surface area contributed by atoms with Gasteiger partial charge in [0.25, 0.3) is 0 Å². The molecule has 0 aliphatic heterocycles. The average molecular weight is 291 g/mol. The van der Waals surface area contributed by atoms with Gasteiger partial charge >= 0.3 is 8.80 Å². The molecule has 0 spiro atoms. The normalized spacial score (nSPS) is 14.1. The molecule has 0 saturated carbocycles. The van der Waals surface area contributed by atoms with E-state index in [0.29, 0.717) is 11.5 Å². The standard InChI is InChI=1S/C15H34O3Si/c1-7-11-16-19(17-12-8-2,18-13-9-3)15(10-4)14(5)6/h14-15H,7-13H2,1-6H3. The van der Waals surface area contributed by atoms with Crippen molar-refractivity contribution < 1.29 is 13.3 Å². The van der Waals surface area contributed by atoms with Crippen molar-refractivity contribution in [1.29, 1.82) is 0 Å². The molecular weight excluding hydrogens is 256 g/mol. The lowest BCUT2D eigenvalue weighted by Gasteiger charge is -2.37. The second kappa shape index (κ2) is 10.8. The van der Waals surface area contributed by atoms with Gasteiger partial charge in [-0.3, -0.25) is 0 Å². The molecule has 4 heteroatoms. The van der Waals surface area contributed by atoms with Gasteiger partial charge in [0.2, 0.25) is 0 Å². The molecule has 116 valence electrons. The Bertz CT molecular complexity index is 188. The molecule has 0 aromatic heterocycles. The van der Waals surface area contributed by atoms with Crippen LogP contribution in [-0.2, 0) is 13.3 Å². The van der Waals surface area contributed by atoms with Gasteiger partial charge in [0.05, 0.1) is 0 Å². The highest BCUT2D eigenvalue weighted by Crippen LogP contribution is 2.36. The smallest absolute Gasteiger partial charge is 0.373 e. The van der Waals surface area contributed by atoms with E-state index < -0.39 is 8.80 Å². The van der Waals surface area contributed by atoms with Crippen LogP contribution in [0.4, 0.5) is 0 Å². The summed E-state index contributed by atoms with van der Waals surface area (Å²) in [6.07, 6.45) is 4.08. The number of hydrogen-bond donors (Lipinski definition) is 0. The summed E-state index contributed by atoms with van der Waals surface area (Å²) in [6.45, 7) is 15.3. The molecule has 0 aliphatic rings. The minimum Gasteiger partial charge on any atom is -0.373 e. The van der Waals surface area contributed by atoms with E-state index in [0.717, 1.165) is 45.5 Å². The first kappa shape index (κ1) is 19.1. The maximum absolute atomic E-state index is 6.19. The van der Waals surface area contributed by atoms with Crippen LogP contribution < -0.4 is 0 Å². The fourth-order valence-electron chi connectivity index (χ4n) is 2.31. The quantitative estimate of drug-likeness (QED) is 0.490. The van der Waals surface area contributed by atoms with Gasteiger partial charge in [-0.1, -0.05) is 41.5 Å². The van der Waals surface area contributed by atoms with Crippen LogP contribution in [0, 0.1) is 5.92 Å². The van der Waals surface area contributed by atoms with Crippen molar-refractivity contribution >= 4 is 8.80 Å². The summed E-state index contributed by atoms with van der Waals surface area (Å²) in [5, 5.41) is 0. The van der Waals surface area contributed by atoms with E-state index in [-0.39, 0.29) is 0 Å². The highest BCUT2D eigenvalue weighted by atomic mass is 28.4. The topological polar surface area (TPSA) is 27.7 Å².